The Morgan fingerprint density at radius 2 is 2.04 bits per heavy atom. The van der Waals surface area contributed by atoms with Gasteiger partial charge in [0.25, 0.3) is 5.91 Å². The van der Waals surface area contributed by atoms with E-state index >= 15 is 0 Å². The third-order valence-electron chi connectivity index (χ3n) is 4.14. The van der Waals surface area contributed by atoms with Gasteiger partial charge >= 0.3 is 0 Å². The Labute approximate surface area is 161 Å². The Morgan fingerprint density at radius 1 is 1.23 bits per heavy atom. The van der Waals surface area contributed by atoms with Gasteiger partial charge in [0.2, 0.25) is 5.88 Å². The number of amides is 1. The van der Waals surface area contributed by atoms with Gasteiger partial charge in [0, 0.05) is 15.4 Å². The van der Waals surface area contributed by atoms with Gasteiger partial charge in [0.05, 0.1) is 10.9 Å². The molecule has 1 amide bonds. The van der Waals surface area contributed by atoms with Crippen LogP contribution in [-0.2, 0) is 11.2 Å². The highest BCUT2D eigenvalue weighted by molar-refractivity contribution is 9.10. The van der Waals surface area contributed by atoms with E-state index in [-0.39, 0.29) is 11.8 Å². The maximum atomic E-state index is 12.4. The third kappa shape index (κ3) is 2.93. The van der Waals surface area contributed by atoms with Crippen LogP contribution in [0.4, 0.5) is 10.8 Å². The monoisotopic (exact) mass is 427 g/mol. The molecule has 2 N–H and O–H groups in total. The minimum Gasteiger partial charge on any atom is -0.492 e. The second-order valence-corrected chi connectivity index (χ2v) is 7.68. The van der Waals surface area contributed by atoms with Gasteiger partial charge in [0.15, 0.2) is 5.13 Å². The van der Waals surface area contributed by atoms with E-state index in [1.54, 1.807) is 6.07 Å². The average Bonchev–Trinajstić information content (AvgIpc) is 3.13. The summed E-state index contributed by atoms with van der Waals surface area (Å²) in [5.74, 6) is -0.532. The molecule has 0 aliphatic carbocycles. The normalized spacial score (nSPS) is 12.8. The maximum Gasteiger partial charge on any atom is 0.279 e. The van der Waals surface area contributed by atoms with Crippen molar-refractivity contribution in [2.45, 2.75) is 13.3 Å². The van der Waals surface area contributed by atoms with Crippen LogP contribution in [0, 0.1) is 0 Å². The van der Waals surface area contributed by atoms with Crippen LogP contribution in [0.15, 0.2) is 51.9 Å². The van der Waals surface area contributed by atoms with E-state index in [2.05, 4.69) is 38.1 Å². The van der Waals surface area contributed by atoms with Gasteiger partial charge in [-0.25, -0.2) is 4.99 Å². The summed E-state index contributed by atoms with van der Waals surface area (Å²) >= 11 is 4.65. The lowest BCUT2D eigenvalue weighted by molar-refractivity contribution is -0.112. The zero-order valence-corrected chi connectivity index (χ0v) is 16.2. The van der Waals surface area contributed by atoms with Crippen molar-refractivity contribution in [3.05, 3.63) is 68.0 Å². The van der Waals surface area contributed by atoms with Crippen molar-refractivity contribution in [3.8, 4) is 5.88 Å². The highest BCUT2D eigenvalue weighted by Gasteiger charge is 2.25. The molecule has 0 fully saturated rings. The molecule has 0 radical (unpaired) electrons. The number of carbonyl (C=O) groups excluding carboxylic acids is 1. The van der Waals surface area contributed by atoms with Crippen molar-refractivity contribution < 1.29 is 9.90 Å². The molecule has 2 aromatic carbocycles. The largest absolute Gasteiger partial charge is 0.492 e. The van der Waals surface area contributed by atoms with Gasteiger partial charge in [-0.1, -0.05) is 52.4 Å². The maximum absolute atomic E-state index is 12.4. The lowest BCUT2D eigenvalue weighted by Crippen LogP contribution is -2.22. The zero-order chi connectivity index (χ0) is 18.3. The first-order valence-electron chi connectivity index (χ1n) is 8.05. The van der Waals surface area contributed by atoms with Crippen LogP contribution in [0.1, 0.15) is 17.4 Å². The van der Waals surface area contributed by atoms with E-state index in [1.807, 2.05) is 36.4 Å². The molecule has 130 valence electrons. The number of fused-ring (bicyclic) bond motifs is 1. The van der Waals surface area contributed by atoms with Crippen LogP contribution in [0.25, 0.3) is 5.57 Å². The van der Waals surface area contributed by atoms with Gasteiger partial charge in [-0.3, -0.25) is 4.79 Å². The van der Waals surface area contributed by atoms with E-state index in [4.69, 9.17) is 0 Å². The van der Waals surface area contributed by atoms with E-state index in [0.717, 1.165) is 22.1 Å². The average molecular weight is 428 g/mol. The number of hydrogen-bond donors (Lipinski definition) is 2. The molecule has 26 heavy (non-hydrogen) atoms. The van der Waals surface area contributed by atoms with E-state index < -0.39 is 0 Å². The molecule has 0 unspecified atom stereocenters. The molecule has 5 nitrogen and oxygen atoms in total. The highest BCUT2D eigenvalue weighted by Crippen LogP contribution is 2.35. The Balaban J connectivity index is 1.80. The van der Waals surface area contributed by atoms with Crippen LogP contribution in [0.5, 0.6) is 5.88 Å². The second kappa shape index (κ2) is 6.66. The summed E-state index contributed by atoms with van der Waals surface area (Å²) in [6, 6.07) is 13.4. The van der Waals surface area contributed by atoms with Crippen LogP contribution < -0.4 is 15.9 Å². The number of aromatic nitrogens is 1. The van der Waals surface area contributed by atoms with E-state index in [0.29, 0.717) is 26.2 Å². The van der Waals surface area contributed by atoms with Crippen molar-refractivity contribution in [3.63, 3.8) is 0 Å². The minimum atomic E-state index is -0.363. The number of thiazole rings is 1. The SMILES string of the molecule is CCc1ccccc1Nc1nc(O)c(C2=c3cc(Br)ccc3=NC2=O)s1. The van der Waals surface area contributed by atoms with Gasteiger partial charge in [-0.2, -0.15) is 4.98 Å². The van der Waals surface area contributed by atoms with E-state index in [9.17, 15) is 9.90 Å². The molecule has 2 heterocycles. The Bertz CT molecular complexity index is 1150. The number of aryl methyl sites for hydroxylation is 1. The van der Waals surface area contributed by atoms with Crippen molar-refractivity contribution >= 4 is 49.6 Å². The van der Waals surface area contributed by atoms with Crippen LogP contribution in [0.3, 0.4) is 0 Å². The number of carbonyl (C=O) groups is 1. The summed E-state index contributed by atoms with van der Waals surface area (Å²) in [4.78, 5) is 21.1. The van der Waals surface area contributed by atoms with Crippen LogP contribution in [-0.4, -0.2) is 16.0 Å². The molecule has 1 aromatic heterocycles. The molecule has 0 saturated carbocycles. The van der Waals surface area contributed by atoms with Crippen molar-refractivity contribution in [2.75, 3.05) is 5.32 Å². The zero-order valence-electron chi connectivity index (χ0n) is 13.8. The fourth-order valence-corrected chi connectivity index (χ4v) is 4.18. The molecule has 0 bridgehead atoms. The molecular formula is C19H14BrN3O2S. The first kappa shape index (κ1) is 16.9. The molecule has 0 saturated heterocycles. The summed E-state index contributed by atoms with van der Waals surface area (Å²) in [6.45, 7) is 2.08. The van der Waals surface area contributed by atoms with Crippen molar-refractivity contribution in [2.24, 2.45) is 4.99 Å². The number of nitrogens with one attached hydrogen (secondary N) is 1. The lowest BCUT2D eigenvalue weighted by Gasteiger charge is -2.07. The van der Waals surface area contributed by atoms with E-state index in [1.165, 1.54) is 11.3 Å². The summed E-state index contributed by atoms with van der Waals surface area (Å²) in [5, 5.41) is 15.4. The molecular weight excluding hydrogens is 414 g/mol. The Hall–Kier alpha value is -2.51. The third-order valence-corrected chi connectivity index (χ3v) is 5.61. The highest BCUT2D eigenvalue weighted by atomic mass is 79.9. The Kier molecular flexibility index (Phi) is 4.34. The first-order valence-corrected chi connectivity index (χ1v) is 9.65. The minimum absolute atomic E-state index is 0.169. The number of rotatable bonds is 4. The Morgan fingerprint density at radius 3 is 2.85 bits per heavy atom. The predicted octanol–water partition coefficient (Wildman–Crippen LogP) is 3.28. The number of para-hydroxylation sites is 1. The van der Waals surface area contributed by atoms with Gasteiger partial charge < -0.3 is 10.4 Å². The standard InChI is InChI=1S/C19H14BrN3O2S/c1-2-10-5-3-4-6-13(10)22-19-23-18(25)16(26-19)15-12-9-11(20)7-8-14(12)21-17(15)24/h3-9,25H,2H2,1H3,(H,22,23). The molecule has 3 aromatic rings. The molecule has 4 rings (SSSR count). The topological polar surface area (TPSA) is 74.6 Å². The quantitative estimate of drug-likeness (QED) is 0.669. The number of benzene rings is 2. The number of halogens is 1. The van der Waals surface area contributed by atoms with Crippen LogP contribution in [0.2, 0.25) is 0 Å². The van der Waals surface area contributed by atoms with Gasteiger partial charge in [-0.15, -0.1) is 0 Å². The molecule has 0 atom stereocenters. The molecule has 1 aliphatic heterocycles. The molecule has 0 spiro atoms. The fraction of sp³-hybridized carbons (Fsp3) is 0.105. The summed E-state index contributed by atoms with van der Waals surface area (Å²) in [6.07, 6.45) is 0.879. The first-order chi connectivity index (χ1) is 12.6. The molecule has 1 aliphatic rings. The number of anilines is 2. The van der Waals surface area contributed by atoms with Gasteiger partial charge in [0.1, 0.15) is 4.88 Å². The van der Waals surface area contributed by atoms with Crippen LogP contribution >= 0.6 is 27.3 Å². The van der Waals surface area contributed by atoms with Gasteiger partial charge in [-0.05, 0) is 36.2 Å². The van der Waals surface area contributed by atoms with Crippen molar-refractivity contribution in [1.82, 2.24) is 4.98 Å². The smallest absolute Gasteiger partial charge is 0.279 e. The summed E-state index contributed by atoms with van der Waals surface area (Å²) < 4.78 is 0.845. The second-order valence-electron chi connectivity index (χ2n) is 5.76. The number of aromatic hydroxyl groups is 1. The summed E-state index contributed by atoms with van der Waals surface area (Å²) in [5.41, 5.74) is 2.47. The lowest BCUT2D eigenvalue weighted by atomic mass is 10.1. The number of hydrogen-bond acceptors (Lipinski definition) is 5. The number of nitrogens with zero attached hydrogens (tertiary/aromatic N) is 2. The fourth-order valence-electron chi connectivity index (χ4n) is 2.90. The molecule has 7 heteroatoms. The predicted molar refractivity (Wildman–Crippen MR) is 105 cm³/mol. The van der Waals surface area contributed by atoms with Crippen molar-refractivity contribution in [1.29, 1.82) is 0 Å². The summed E-state index contributed by atoms with van der Waals surface area (Å²) in [7, 11) is 0.